The van der Waals surface area contributed by atoms with Gasteiger partial charge in [-0.05, 0) is 34.6 Å². The van der Waals surface area contributed by atoms with Crippen molar-refractivity contribution in [2.45, 2.75) is 46.3 Å². The van der Waals surface area contributed by atoms with Crippen molar-refractivity contribution >= 4 is 22.0 Å². The van der Waals surface area contributed by atoms with E-state index in [1.807, 2.05) is 40.7 Å². The van der Waals surface area contributed by atoms with E-state index in [0.29, 0.717) is 0 Å². The molecule has 1 amide bonds. The van der Waals surface area contributed by atoms with Crippen LogP contribution in [0.15, 0.2) is 11.6 Å². The Morgan fingerprint density at radius 2 is 2.07 bits per heavy atom. The van der Waals surface area contributed by atoms with Gasteiger partial charge in [0.25, 0.3) is 0 Å². The molecule has 0 aromatic rings. The van der Waals surface area contributed by atoms with E-state index in [9.17, 15) is 4.79 Å². The first kappa shape index (κ1) is 14.5. The van der Waals surface area contributed by atoms with Crippen molar-refractivity contribution in [2.75, 3.05) is 5.33 Å². The van der Waals surface area contributed by atoms with Crippen molar-refractivity contribution in [3.8, 4) is 0 Å². The first-order chi connectivity index (χ1) is 6.74. The lowest BCUT2D eigenvalue weighted by Gasteiger charge is -2.21. The molecule has 88 valence electrons. The van der Waals surface area contributed by atoms with Gasteiger partial charge >= 0.3 is 6.09 Å². The summed E-state index contributed by atoms with van der Waals surface area (Å²) in [5, 5.41) is 3.56. The third kappa shape index (κ3) is 8.48. The Balaban J connectivity index is 4.08. The van der Waals surface area contributed by atoms with Gasteiger partial charge < -0.3 is 10.1 Å². The van der Waals surface area contributed by atoms with Gasteiger partial charge in [0.1, 0.15) is 5.60 Å². The first-order valence-electron chi connectivity index (χ1n) is 4.97. The van der Waals surface area contributed by atoms with Crippen molar-refractivity contribution in [1.29, 1.82) is 0 Å². The van der Waals surface area contributed by atoms with Gasteiger partial charge in [0.05, 0.1) is 0 Å². The van der Waals surface area contributed by atoms with Gasteiger partial charge in [-0.25, -0.2) is 4.79 Å². The van der Waals surface area contributed by atoms with Crippen LogP contribution < -0.4 is 5.32 Å². The molecule has 0 unspecified atom stereocenters. The molecule has 0 saturated heterocycles. The number of hydrogen-bond donors (Lipinski definition) is 1. The van der Waals surface area contributed by atoms with E-state index in [4.69, 9.17) is 4.74 Å². The van der Waals surface area contributed by atoms with Crippen molar-refractivity contribution in [1.82, 2.24) is 5.32 Å². The average molecular weight is 278 g/mol. The molecule has 0 fully saturated rings. The van der Waals surface area contributed by atoms with Crippen LogP contribution in [0.25, 0.3) is 0 Å². The van der Waals surface area contributed by atoms with Gasteiger partial charge in [-0.15, -0.1) is 0 Å². The van der Waals surface area contributed by atoms with E-state index in [-0.39, 0.29) is 12.1 Å². The molecule has 0 bridgehead atoms. The van der Waals surface area contributed by atoms with Gasteiger partial charge in [-0.2, -0.15) is 0 Å². The minimum atomic E-state index is -0.446. The Morgan fingerprint density at radius 1 is 1.53 bits per heavy atom. The van der Waals surface area contributed by atoms with Crippen LogP contribution in [0.4, 0.5) is 4.79 Å². The van der Waals surface area contributed by atoms with Crippen LogP contribution in [0.1, 0.15) is 34.6 Å². The number of alkyl carbamates (subject to hydrolysis) is 1. The van der Waals surface area contributed by atoms with E-state index in [2.05, 4.69) is 21.2 Å². The van der Waals surface area contributed by atoms with Crippen LogP contribution in [0, 0.1) is 0 Å². The second kappa shape index (κ2) is 6.16. The topological polar surface area (TPSA) is 38.3 Å². The molecule has 4 heteroatoms. The summed E-state index contributed by atoms with van der Waals surface area (Å²) < 4.78 is 5.13. The summed E-state index contributed by atoms with van der Waals surface area (Å²) in [5.74, 6) is 0. The second-order valence-electron chi connectivity index (χ2n) is 4.58. The number of nitrogens with one attached hydrogen (secondary N) is 1. The monoisotopic (exact) mass is 277 g/mol. The summed E-state index contributed by atoms with van der Waals surface area (Å²) in [6.07, 6.45) is 1.60. The number of alkyl halides is 1. The number of amides is 1. The number of ether oxygens (including phenoxy) is 1. The lowest BCUT2D eigenvalue weighted by molar-refractivity contribution is 0.0518. The molecule has 0 radical (unpaired) electrons. The lowest BCUT2D eigenvalue weighted by Crippen LogP contribution is -2.36. The molecule has 1 atom stereocenters. The number of carbonyl (C=O) groups excluding carboxylic acids is 1. The summed E-state index contributed by atoms with van der Waals surface area (Å²) in [6, 6.07) is -0.0163. The highest BCUT2D eigenvalue weighted by molar-refractivity contribution is 9.09. The van der Waals surface area contributed by atoms with Crippen LogP contribution in [0.2, 0.25) is 0 Å². The molecule has 0 heterocycles. The van der Waals surface area contributed by atoms with Crippen LogP contribution >= 0.6 is 15.9 Å². The summed E-state index contributed by atoms with van der Waals surface area (Å²) in [7, 11) is 0. The minimum absolute atomic E-state index is 0.0163. The van der Waals surface area contributed by atoms with Gasteiger partial charge in [0.2, 0.25) is 0 Å². The Kier molecular flexibility index (Phi) is 5.95. The predicted octanol–water partition coefficient (Wildman–Crippen LogP) is 3.24. The summed E-state index contributed by atoms with van der Waals surface area (Å²) in [6.45, 7) is 9.45. The molecule has 0 rings (SSSR count). The first-order valence-corrected chi connectivity index (χ1v) is 6.09. The highest BCUT2D eigenvalue weighted by Gasteiger charge is 2.16. The van der Waals surface area contributed by atoms with Crippen LogP contribution in [-0.2, 0) is 4.74 Å². The fraction of sp³-hybridized carbons (Fsp3) is 0.727. The fourth-order valence-corrected chi connectivity index (χ4v) is 1.19. The molecule has 3 nitrogen and oxygen atoms in total. The van der Waals surface area contributed by atoms with Gasteiger partial charge in [-0.3, -0.25) is 0 Å². The number of carbonyl (C=O) groups is 1. The Bertz CT molecular complexity index is 243. The number of hydrogen-bond acceptors (Lipinski definition) is 2. The van der Waals surface area contributed by atoms with E-state index in [1.165, 1.54) is 5.57 Å². The molecule has 0 aliphatic rings. The minimum Gasteiger partial charge on any atom is -0.444 e. The zero-order valence-corrected chi connectivity index (χ0v) is 11.6. The molecular weight excluding hydrogens is 258 g/mol. The normalized spacial score (nSPS) is 14.7. The summed E-state index contributed by atoms with van der Waals surface area (Å²) >= 11 is 3.35. The molecule has 0 aromatic carbocycles. The zero-order chi connectivity index (χ0) is 12.1. The van der Waals surface area contributed by atoms with Gasteiger partial charge in [-0.1, -0.05) is 27.6 Å². The number of rotatable bonds is 3. The SMILES string of the molecule is C/C(=C\[C@H](C)NC(=O)OC(C)(C)C)CBr. The third-order valence-electron chi connectivity index (χ3n) is 1.49. The largest absolute Gasteiger partial charge is 0.444 e. The maximum Gasteiger partial charge on any atom is 0.408 e. The summed E-state index contributed by atoms with van der Waals surface area (Å²) in [4.78, 5) is 11.4. The molecule has 0 saturated carbocycles. The van der Waals surface area contributed by atoms with Crippen molar-refractivity contribution < 1.29 is 9.53 Å². The van der Waals surface area contributed by atoms with E-state index < -0.39 is 5.60 Å². The molecular formula is C11H20BrNO2. The maximum atomic E-state index is 11.4. The number of allylic oxidation sites excluding steroid dienone is 1. The Morgan fingerprint density at radius 3 is 2.47 bits per heavy atom. The molecule has 0 aliphatic carbocycles. The maximum absolute atomic E-state index is 11.4. The predicted molar refractivity (Wildman–Crippen MR) is 66.4 cm³/mol. The standard InChI is InChI=1S/C11H20BrNO2/c1-8(7-12)6-9(2)13-10(14)15-11(3,4)5/h6,9H,7H2,1-5H3,(H,13,14)/b8-6+/t9-/m0/s1. The molecule has 0 aromatic heterocycles. The van der Waals surface area contributed by atoms with Crippen molar-refractivity contribution in [3.63, 3.8) is 0 Å². The average Bonchev–Trinajstić information content (AvgIpc) is 1.99. The smallest absolute Gasteiger partial charge is 0.408 e. The third-order valence-corrected chi connectivity index (χ3v) is 2.37. The van der Waals surface area contributed by atoms with Crippen LogP contribution in [0.3, 0.4) is 0 Å². The molecule has 1 N–H and O–H groups in total. The second-order valence-corrected chi connectivity index (χ2v) is 5.14. The fourth-order valence-electron chi connectivity index (χ4n) is 1.01. The highest BCUT2D eigenvalue weighted by atomic mass is 79.9. The zero-order valence-electron chi connectivity index (χ0n) is 10.1. The molecule has 0 spiro atoms. The van der Waals surface area contributed by atoms with Crippen LogP contribution in [-0.4, -0.2) is 23.1 Å². The van der Waals surface area contributed by atoms with Gasteiger partial charge in [0.15, 0.2) is 0 Å². The highest BCUT2D eigenvalue weighted by Crippen LogP contribution is 2.07. The Hall–Kier alpha value is -0.510. The van der Waals surface area contributed by atoms with E-state index >= 15 is 0 Å². The summed E-state index contributed by atoms with van der Waals surface area (Å²) in [5.41, 5.74) is 0.733. The quantitative estimate of drug-likeness (QED) is 0.635. The van der Waals surface area contributed by atoms with E-state index in [0.717, 1.165) is 5.33 Å². The lowest BCUT2D eigenvalue weighted by atomic mass is 10.2. The molecule has 0 aliphatic heterocycles. The molecule has 15 heavy (non-hydrogen) atoms. The van der Waals surface area contributed by atoms with E-state index in [1.54, 1.807) is 0 Å². The van der Waals surface area contributed by atoms with Crippen molar-refractivity contribution in [3.05, 3.63) is 11.6 Å². The van der Waals surface area contributed by atoms with Crippen molar-refractivity contribution in [2.24, 2.45) is 0 Å². The van der Waals surface area contributed by atoms with Crippen LogP contribution in [0.5, 0.6) is 0 Å². The number of halogens is 1. The Labute approximate surface area is 100 Å². The van der Waals surface area contributed by atoms with Gasteiger partial charge in [0, 0.05) is 11.4 Å².